The molecular weight excluding hydrogens is 220 g/mol. The van der Waals surface area contributed by atoms with Gasteiger partial charge < -0.3 is 4.42 Å². The van der Waals surface area contributed by atoms with E-state index in [0.29, 0.717) is 0 Å². The SMILES string of the molecule is CCCCCCCCCCc1coc(CCC)c1. The smallest absolute Gasteiger partial charge is 0.104 e. The van der Waals surface area contributed by atoms with Gasteiger partial charge in [0.2, 0.25) is 0 Å². The second-order valence-electron chi connectivity index (χ2n) is 5.40. The molecule has 0 aromatic carbocycles. The molecule has 18 heavy (non-hydrogen) atoms. The highest BCUT2D eigenvalue weighted by Gasteiger charge is 2.00. The third-order valence-corrected chi connectivity index (χ3v) is 3.52. The van der Waals surface area contributed by atoms with E-state index in [-0.39, 0.29) is 0 Å². The summed E-state index contributed by atoms with van der Waals surface area (Å²) in [7, 11) is 0. The zero-order chi connectivity index (χ0) is 13.1. The van der Waals surface area contributed by atoms with E-state index in [1.165, 1.54) is 69.8 Å². The summed E-state index contributed by atoms with van der Waals surface area (Å²) in [5, 5.41) is 0. The number of aryl methyl sites for hydroxylation is 2. The van der Waals surface area contributed by atoms with Gasteiger partial charge in [0.15, 0.2) is 0 Å². The van der Waals surface area contributed by atoms with E-state index in [2.05, 4.69) is 19.9 Å². The molecular formula is C17H30O. The van der Waals surface area contributed by atoms with Crippen LogP contribution < -0.4 is 0 Å². The maximum atomic E-state index is 5.53. The molecule has 0 saturated heterocycles. The summed E-state index contributed by atoms with van der Waals surface area (Å²) in [5.41, 5.74) is 1.39. The summed E-state index contributed by atoms with van der Waals surface area (Å²) in [4.78, 5) is 0. The van der Waals surface area contributed by atoms with Crippen LogP contribution in [0.2, 0.25) is 0 Å². The lowest BCUT2D eigenvalue weighted by Gasteiger charge is -2.00. The normalized spacial score (nSPS) is 11.0. The van der Waals surface area contributed by atoms with Crippen molar-refractivity contribution in [1.29, 1.82) is 0 Å². The Kier molecular flexibility index (Phi) is 8.71. The largest absolute Gasteiger partial charge is 0.469 e. The zero-order valence-corrected chi connectivity index (χ0v) is 12.3. The highest BCUT2D eigenvalue weighted by molar-refractivity contribution is 5.12. The van der Waals surface area contributed by atoms with E-state index in [1.54, 1.807) is 0 Å². The van der Waals surface area contributed by atoms with E-state index >= 15 is 0 Å². The predicted octanol–water partition coefficient (Wildman–Crippen LogP) is 5.92. The van der Waals surface area contributed by atoms with Gasteiger partial charge in [-0.25, -0.2) is 0 Å². The van der Waals surface area contributed by atoms with Crippen molar-refractivity contribution in [2.75, 3.05) is 0 Å². The molecule has 104 valence electrons. The van der Waals surface area contributed by atoms with Crippen LogP contribution in [0.3, 0.4) is 0 Å². The average Bonchev–Trinajstić information content (AvgIpc) is 2.81. The maximum absolute atomic E-state index is 5.53. The van der Waals surface area contributed by atoms with Crippen molar-refractivity contribution in [2.45, 2.75) is 84.5 Å². The molecule has 1 heterocycles. The molecule has 0 aliphatic rings. The molecule has 0 bridgehead atoms. The van der Waals surface area contributed by atoms with Crippen molar-refractivity contribution in [1.82, 2.24) is 0 Å². The van der Waals surface area contributed by atoms with Crippen LogP contribution in [0.5, 0.6) is 0 Å². The van der Waals surface area contributed by atoms with Gasteiger partial charge in [-0.1, -0.05) is 58.8 Å². The minimum Gasteiger partial charge on any atom is -0.469 e. The van der Waals surface area contributed by atoms with Crippen LogP contribution in [0, 0.1) is 0 Å². The summed E-state index contributed by atoms with van der Waals surface area (Å²) in [6, 6.07) is 2.24. The van der Waals surface area contributed by atoms with E-state index in [9.17, 15) is 0 Å². The van der Waals surface area contributed by atoms with Gasteiger partial charge >= 0.3 is 0 Å². The van der Waals surface area contributed by atoms with Crippen molar-refractivity contribution in [3.8, 4) is 0 Å². The van der Waals surface area contributed by atoms with E-state index in [0.717, 1.165) is 12.2 Å². The quantitative estimate of drug-likeness (QED) is 0.445. The molecule has 0 saturated carbocycles. The Morgan fingerprint density at radius 3 is 2.11 bits per heavy atom. The van der Waals surface area contributed by atoms with E-state index in [4.69, 9.17) is 4.42 Å². The average molecular weight is 250 g/mol. The van der Waals surface area contributed by atoms with Gasteiger partial charge in [-0.3, -0.25) is 0 Å². The fraction of sp³-hybridized carbons (Fsp3) is 0.765. The van der Waals surface area contributed by atoms with Crippen LogP contribution in [0.15, 0.2) is 16.7 Å². The van der Waals surface area contributed by atoms with Gasteiger partial charge in [-0.2, -0.15) is 0 Å². The minimum absolute atomic E-state index is 1.08. The molecule has 0 radical (unpaired) electrons. The lowest BCUT2D eigenvalue weighted by Crippen LogP contribution is -1.84. The van der Waals surface area contributed by atoms with Crippen molar-refractivity contribution >= 4 is 0 Å². The molecule has 0 atom stereocenters. The topological polar surface area (TPSA) is 13.1 Å². The number of hydrogen-bond donors (Lipinski definition) is 0. The van der Waals surface area contributed by atoms with Crippen LogP contribution >= 0.6 is 0 Å². The lowest BCUT2D eigenvalue weighted by atomic mass is 10.1. The molecule has 0 N–H and O–H groups in total. The van der Waals surface area contributed by atoms with E-state index in [1.807, 2.05) is 6.26 Å². The molecule has 1 aromatic rings. The second kappa shape index (κ2) is 10.2. The first-order valence-corrected chi connectivity index (χ1v) is 7.93. The zero-order valence-electron chi connectivity index (χ0n) is 12.3. The van der Waals surface area contributed by atoms with E-state index < -0.39 is 0 Å². The van der Waals surface area contributed by atoms with Crippen molar-refractivity contribution in [3.63, 3.8) is 0 Å². The molecule has 0 spiro atoms. The number of rotatable bonds is 11. The fourth-order valence-electron chi connectivity index (χ4n) is 2.40. The Morgan fingerprint density at radius 2 is 1.44 bits per heavy atom. The summed E-state index contributed by atoms with van der Waals surface area (Å²) in [6.45, 7) is 4.47. The summed E-state index contributed by atoms with van der Waals surface area (Å²) < 4.78 is 5.53. The van der Waals surface area contributed by atoms with Crippen LogP contribution in [0.25, 0.3) is 0 Å². The Hall–Kier alpha value is -0.720. The Morgan fingerprint density at radius 1 is 0.778 bits per heavy atom. The van der Waals surface area contributed by atoms with Crippen LogP contribution in [-0.2, 0) is 12.8 Å². The number of hydrogen-bond acceptors (Lipinski definition) is 1. The Bertz CT molecular complexity index is 288. The van der Waals surface area contributed by atoms with Crippen LogP contribution in [0.4, 0.5) is 0 Å². The maximum Gasteiger partial charge on any atom is 0.104 e. The van der Waals surface area contributed by atoms with Crippen molar-refractivity contribution in [3.05, 3.63) is 23.7 Å². The standard InChI is InChI=1S/C17H30O/c1-3-5-6-7-8-9-10-11-13-16-14-17(12-4-2)18-15-16/h14-15H,3-13H2,1-2H3. The van der Waals surface area contributed by atoms with Crippen LogP contribution in [-0.4, -0.2) is 0 Å². The highest BCUT2D eigenvalue weighted by Crippen LogP contribution is 2.14. The Labute approximate surface area is 113 Å². The predicted molar refractivity (Wildman–Crippen MR) is 79.0 cm³/mol. The summed E-state index contributed by atoms with van der Waals surface area (Å²) in [5.74, 6) is 1.16. The van der Waals surface area contributed by atoms with Crippen molar-refractivity contribution in [2.24, 2.45) is 0 Å². The van der Waals surface area contributed by atoms with Gasteiger partial charge in [0.05, 0.1) is 6.26 Å². The summed E-state index contributed by atoms with van der Waals surface area (Å²) >= 11 is 0. The highest BCUT2D eigenvalue weighted by atomic mass is 16.3. The second-order valence-corrected chi connectivity index (χ2v) is 5.40. The van der Waals surface area contributed by atoms with Gasteiger partial charge in [0.1, 0.15) is 5.76 Å². The van der Waals surface area contributed by atoms with Gasteiger partial charge in [-0.15, -0.1) is 0 Å². The molecule has 1 heteroatoms. The molecule has 0 unspecified atom stereocenters. The third kappa shape index (κ3) is 6.88. The first-order chi connectivity index (χ1) is 8.86. The van der Waals surface area contributed by atoms with Crippen molar-refractivity contribution < 1.29 is 4.42 Å². The molecule has 1 aromatic heterocycles. The Balaban J connectivity index is 1.96. The number of unbranched alkanes of at least 4 members (excludes halogenated alkanes) is 7. The summed E-state index contributed by atoms with van der Waals surface area (Å²) in [6.07, 6.45) is 16.5. The molecule has 1 nitrogen and oxygen atoms in total. The lowest BCUT2D eigenvalue weighted by molar-refractivity contribution is 0.503. The van der Waals surface area contributed by atoms with Crippen LogP contribution in [0.1, 0.15) is 83.0 Å². The molecule has 1 rings (SSSR count). The minimum atomic E-state index is 1.08. The molecule has 0 aliphatic heterocycles. The third-order valence-electron chi connectivity index (χ3n) is 3.52. The first-order valence-electron chi connectivity index (χ1n) is 7.93. The van der Waals surface area contributed by atoms with Gasteiger partial charge in [-0.05, 0) is 30.9 Å². The molecule has 0 amide bonds. The first kappa shape index (κ1) is 15.3. The monoisotopic (exact) mass is 250 g/mol. The van der Waals surface area contributed by atoms with Gasteiger partial charge in [0, 0.05) is 6.42 Å². The molecule has 0 fully saturated rings. The molecule has 0 aliphatic carbocycles. The number of furan rings is 1. The van der Waals surface area contributed by atoms with Gasteiger partial charge in [0.25, 0.3) is 0 Å². The fourth-order valence-corrected chi connectivity index (χ4v) is 2.40.